The maximum Gasteiger partial charge on any atom is 0.243 e. The number of amides is 5. The standard InChI is InChI=1S/C48H73N9O5/c1-2-3-4-5-6-7-8-9-10-11-12-27-44(58)54-40(25-17-19-28-49)46(60)57-43(31-35-33-53-39-24-16-14-22-37(35)39)48(62)55-41(26-18-20-29-50)47(61)56-42(45(51)59)30-34-32-52-38-23-15-13-21-36(34)38/h13-16,21-24,32-33,40-43,52-53H,2-12,17-20,25-31,49-50H2,1H3,(H2,51,59)(H,54,58)(H,55,62)(H,56,61)(H,57,60)/t40-,41-,42-,43-/m0/s1. The van der Waals surface area contributed by atoms with Crippen molar-refractivity contribution in [2.45, 2.75) is 160 Å². The van der Waals surface area contributed by atoms with Crippen molar-refractivity contribution in [1.29, 1.82) is 0 Å². The van der Waals surface area contributed by atoms with Gasteiger partial charge in [-0.1, -0.05) is 108 Å². The third-order valence-electron chi connectivity index (χ3n) is 11.7. The molecule has 0 unspecified atom stereocenters. The number of carbonyl (C=O) groups excluding carboxylic acids is 5. The minimum atomic E-state index is -1.12. The number of hydrogen-bond donors (Lipinski definition) is 9. The van der Waals surface area contributed by atoms with E-state index in [1.54, 1.807) is 12.4 Å². The van der Waals surface area contributed by atoms with Crippen LogP contribution in [0.1, 0.15) is 134 Å². The number of hydrogen-bond acceptors (Lipinski definition) is 7. The summed E-state index contributed by atoms with van der Waals surface area (Å²) in [4.78, 5) is 74.9. The molecule has 0 aliphatic carbocycles. The van der Waals surface area contributed by atoms with Gasteiger partial charge in [0.05, 0.1) is 0 Å². The van der Waals surface area contributed by atoms with Gasteiger partial charge in [0.1, 0.15) is 24.2 Å². The molecule has 340 valence electrons. The molecule has 4 rings (SSSR count). The number of nitrogens with one attached hydrogen (secondary N) is 6. The molecule has 0 saturated heterocycles. The van der Waals surface area contributed by atoms with Crippen molar-refractivity contribution in [3.63, 3.8) is 0 Å². The molecule has 62 heavy (non-hydrogen) atoms. The van der Waals surface area contributed by atoms with Gasteiger partial charge in [-0.2, -0.15) is 0 Å². The van der Waals surface area contributed by atoms with Crippen LogP contribution in [0.25, 0.3) is 21.8 Å². The third-order valence-corrected chi connectivity index (χ3v) is 11.7. The first-order chi connectivity index (χ1) is 30.1. The van der Waals surface area contributed by atoms with E-state index in [4.69, 9.17) is 17.2 Å². The van der Waals surface area contributed by atoms with E-state index in [0.717, 1.165) is 58.6 Å². The van der Waals surface area contributed by atoms with E-state index in [2.05, 4.69) is 38.2 Å². The van der Waals surface area contributed by atoms with Crippen molar-refractivity contribution in [3.8, 4) is 0 Å². The van der Waals surface area contributed by atoms with Gasteiger partial charge in [-0.15, -0.1) is 0 Å². The number of aromatic amines is 2. The molecule has 0 fully saturated rings. The number of carbonyl (C=O) groups is 5. The molecule has 5 amide bonds. The van der Waals surface area contributed by atoms with Crippen LogP contribution in [0, 0.1) is 0 Å². The largest absolute Gasteiger partial charge is 0.368 e. The van der Waals surface area contributed by atoms with E-state index in [1.165, 1.54) is 44.9 Å². The number of H-pyrrole nitrogens is 2. The van der Waals surface area contributed by atoms with Gasteiger partial charge >= 0.3 is 0 Å². The van der Waals surface area contributed by atoms with E-state index in [1.807, 2.05) is 48.5 Å². The van der Waals surface area contributed by atoms with Gasteiger partial charge in [-0.3, -0.25) is 24.0 Å². The van der Waals surface area contributed by atoms with Crippen LogP contribution in [0.2, 0.25) is 0 Å². The summed E-state index contributed by atoms with van der Waals surface area (Å²) in [6.45, 7) is 3.06. The predicted molar refractivity (Wildman–Crippen MR) is 248 cm³/mol. The third kappa shape index (κ3) is 16.6. The molecule has 0 aliphatic heterocycles. The fourth-order valence-electron chi connectivity index (χ4n) is 8.03. The first-order valence-electron chi connectivity index (χ1n) is 23.1. The number of primary amides is 1. The van der Waals surface area contributed by atoms with E-state index in [9.17, 15) is 24.0 Å². The summed E-state index contributed by atoms with van der Waals surface area (Å²) >= 11 is 0. The second-order valence-corrected chi connectivity index (χ2v) is 16.7. The van der Waals surface area contributed by atoms with Gasteiger partial charge in [0.25, 0.3) is 0 Å². The van der Waals surface area contributed by atoms with Crippen molar-refractivity contribution >= 4 is 51.3 Å². The van der Waals surface area contributed by atoms with Crippen molar-refractivity contribution in [2.75, 3.05) is 13.1 Å². The lowest BCUT2D eigenvalue weighted by Crippen LogP contribution is -2.58. The highest BCUT2D eigenvalue weighted by molar-refractivity contribution is 5.96. The van der Waals surface area contributed by atoms with Crippen molar-refractivity contribution in [1.82, 2.24) is 31.2 Å². The van der Waals surface area contributed by atoms with Crippen LogP contribution in [0.15, 0.2) is 60.9 Å². The molecule has 4 aromatic rings. The summed E-state index contributed by atoms with van der Waals surface area (Å²) in [7, 11) is 0. The Morgan fingerprint density at radius 3 is 1.44 bits per heavy atom. The summed E-state index contributed by atoms with van der Waals surface area (Å²) in [5.74, 6) is -2.58. The first-order valence-corrected chi connectivity index (χ1v) is 23.1. The molecule has 2 aromatic heterocycles. The number of unbranched alkanes of at least 4 members (excludes halogenated alkanes) is 12. The molecule has 0 aliphatic rings. The minimum Gasteiger partial charge on any atom is -0.368 e. The smallest absolute Gasteiger partial charge is 0.243 e. The second kappa shape index (κ2) is 27.7. The van der Waals surface area contributed by atoms with Crippen molar-refractivity contribution < 1.29 is 24.0 Å². The normalized spacial score (nSPS) is 13.3. The quantitative estimate of drug-likeness (QED) is 0.0273. The Labute approximate surface area is 367 Å². The Morgan fingerprint density at radius 1 is 0.516 bits per heavy atom. The molecular formula is C48H73N9O5. The molecule has 0 saturated carbocycles. The van der Waals surface area contributed by atoms with Crippen molar-refractivity contribution in [3.05, 3.63) is 72.1 Å². The summed E-state index contributed by atoms with van der Waals surface area (Å²) in [5, 5.41) is 13.4. The lowest BCUT2D eigenvalue weighted by Gasteiger charge is -2.26. The van der Waals surface area contributed by atoms with E-state index < -0.39 is 47.8 Å². The summed E-state index contributed by atoms with van der Waals surface area (Å²) in [5.41, 5.74) is 20.8. The van der Waals surface area contributed by atoms with Gasteiger partial charge in [0.2, 0.25) is 29.5 Å². The van der Waals surface area contributed by atoms with Crippen LogP contribution in [0.3, 0.4) is 0 Å². The van der Waals surface area contributed by atoms with E-state index >= 15 is 0 Å². The molecule has 2 aromatic carbocycles. The molecule has 0 spiro atoms. The summed E-state index contributed by atoms with van der Waals surface area (Å²) in [6, 6.07) is 11.2. The van der Waals surface area contributed by atoms with E-state index in [-0.39, 0.29) is 25.2 Å². The fourth-order valence-corrected chi connectivity index (χ4v) is 8.03. The van der Waals surface area contributed by atoms with Crippen LogP contribution in [0.4, 0.5) is 0 Å². The zero-order valence-electron chi connectivity index (χ0n) is 36.9. The maximum absolute atomic E-state index is 14.4. The molecule has 14 heteroatoms. The first kappa shape index (κ1) is 49.4. The highest BCUT2D eigenvalue weighted by Gasteiger charge is 2.32. The average molecular weight is 856 g/mol. The number of nitrogens with two attached hydrogens (primary N) is 3. The molecular weight excluding hydrogens is 783 g/mol. The van der Waals surface area contributed by atoms with Crippen molar-refractivity contribution in [2.24, 2.45) is 17.2 Å². The topological polar surface area (TPSA) is 243 Å². The summed E-state index contributed by atoms with van der Waals surface area (Å²) < 4.78 is 0. The number of rotatable bonds is 32. The molecule has 4 atom stereocenters. The molecule has 2 heterocycles. The molecule has 0 bridgehead atoms. The predicted octanol–water partition coefficient (Wildman–Crippen LogP) is 5.82. The van der Waals surface area contributed by atoms with Crippen LogP contribution in [-0.2, 0) is 36.8 Å². The maximum atomic E-state index is 14.4. The summed E-state index contributed by atoms with van der Waals surface area (Å²) in [6.07, 6.45) is 20.0. The Bertz CT molecular complexity index is 1980. The zero-order valence-corrected chi connectivity index (χ0v) is 36.9. The minimum absolute atomic E-state index is 0.103. The zero-order chi connectivity index (χ0) is 44.5. The Morgan fingerprint density at radius 2 is 0.935 bits per heavy atom. The molecule has 12 N–H and O–H groups in total. The van der Waals surface area contributed by atoms with Gasteiger partial charge in [-0.05, 0) is 81.3 Å². The number of para-hydroxylation sites is 2. The molecule has 0 radical (unpaired) electrons. The second-order valence-electron chi connectivity index (χ2n) is 16.7. The van der Waals surface area contributed by atoms with E-state index in [0.29, 0.717) is 51.6 Å². The lowest BCUT2D eigenvalue weighted by atomic mass is 10.0. The van der Waals surface area contributed by atoms with Gasteiger partial charge in [0, 0.05) is 53.5 Å². The van der Waals surface area contributed by atoms with Gasteiger partial charge in [-0.25, -0.2) is 0 Å². The van der Waals surface area contributed by atoms with Crippen LogP contribution in [0.5, 0.6) is 0 Å². The monoisotopic (exact) mass is 856 g/mol. The SMILES string of the molecule is CCCCCCCCCCCCCC(=O)N[C@@H](CCCCN)C(=O)N[C@@H](Cc1c[nH]c2ccccc12)C(=O)N[C@@H](CCCCN)C(=O)N[C@@H](Cc1c[nH]c2ccccc12)C(N)=O. The van der Waals surface area contributed by atoms with Gasteiger partial charge in [0.15, 0.2) is 0 Å². The Balaban J connectivity index is 1.46. The molecule has 14 nitrogen and oxygen atoms in total. The Hall–Kier alpha value is -5.21. The highest BCUT2D eigenvalue weighted by atomic mass is 16.2. The fraction of sp³-hybridized carbons (Fsp3) is 0.562. The van der Waals surface area contributed by atoms with Crippen LogP contribution in [-0.4, -0.2) is 76.8 Å². The lowest BCUT2D eigenvalue weighted by molar-refractivity contribution is -0.134. The number of benzene rings is 2. The number of aromatic nitrogens is 2. The number of fused-ring (bicyclic) bond motifs is 2. The van der Waals surface area contributed by atoms with Crippen LogP contribution >= 0.6 is 0 Å². The average Bonchev–Trinajstić information content (AvgIpc) is 3.88. The highest BCUT2D eigenvalue weighted by Crippen LogP contribution is 2.21. The Kier molecular flexibility index (Phi) is 22.1. The van der Waals surface area contributed by atoms with Crippen LogP contribution < -0.4 is 38.5 Å². The van der Waals surface area contributed by atoms with Gasteiger partial charge < -0.3 is 48.4 Å².